The van der Waals surface area contributed by atoms with Crippen molar-refractivity contribution in [2.75, 3.05) is 20.1 Å². The van der Waals surface area contributed by atoms with E-state index in [1.54, 1.807) is 0 Å². The van der Waals surface area contributed by atoms with E-state index in [0.29, 0.717) is 0 Å². The van der Waals surface area contributed by atoms with E-state index in [1.807, 2.05) is 59.0 Å². The Labute approximate surface area is 146 Å². The van der Waals surface area contributed by atoms with Gasteiger partial charge in [0.05, 0.1) is 13.1 Å². The Morgan fingerprint density at radius 2 is 1.65 bits per heavy atom. The zero-order valence-corrected chi connectivity index (χ0v) is 16.1. The summed E-state index contributed by atoms with van der Waals surface area (Å²) in [6.45, 7) is 8.30. The monoisotopic (exact) mass is 384 g/mol. The first-order valence-corrected chi connectivity index (χ1v) is 8.53. The van der Waals surface area contributed by atoms with Crippen LogP contribution in [0.3, 0.4) is 0 Å². The second-order valence-corrected chi connectivity index (χ2v) is 7.87. The van der Waals surface area contributed by atoms with E-state index in [0.717, 1.165) is 14.9 Å². The zero-order valence-electron chi connectivity index (χ0n) is 14.5. The SMILES string of the molecule is C[C@H](NC(=O)C[NH+](C)CC(=O)NC(C)(C)C)c1ccc(Br)cc1. The third kappa shape index (κ3) is 8.13. The van der Waals surface area contributed by atoms with Crippen molar-refractivity contribution in [3.8, 4) is 0 Å². The summed E-state index contributed by atoms with van der Waals surface area (Å²) in [5.41, 5.74) is 0.792. The standard InChI is InChI=1S/C17H26BrN3O2/c1-12(13-6-8-14(18)9-7-13)19-15(22)10-21(5)11-16(23)20-17(2,3)4/h6-9,12H,10-11H2,1-5H3,(H,19,22)(H,20,23)/p+1/t12-/m0/s1. The topological polar surface area (TPSA) is 62.6 Å². The van der Waals surface area contributed by atoms with Gasteiger partial charge in [-0.15, -0.1) is 0 Å². The minimum Gasteiger partial charge on any atom is -0.347 e. The molecule has 0 bridgehead atoms. The zero-order chi connectivity index (χ0) is 17.6. The van der Waals surface area contributed by atoms with Crippen LogP contribution < -0.4 is 15.5 Å². The van der Waals surface area contributed by atoms with Gasteiger partial charge < -0.3 is 15.5 Å². The molecule has 6 heteroatoms. The third-order valence-corrected chi connectivity index (χ3v) is 3.72. The van der Waals surface area contributed by atoms with Crippen molar-refractivity contribution in [1.82, 2.24) is 10.6 Å². The van der Waals surface area contributed by atoms with Crippen LogP contribution in [0.25, 0.3) is 0 Å². The van der Waals surface area contributed by atoms with Crippen LogP contribution in [-0.4, -0.2) is 37.5 Å². The lowest BCUT2D eigenvalue weighted by atomic mass is 10.1. The number of benzene rings is 1. The molecular formula is C17H27BrN3O2+. The Bertz CT molecular complexity index is 538. The van der Waals surface area contributed by atoms with Crippen LogP contribution in [-0.2, 0) is 9.59 Å². The van der Waals surface area contributed by atoms with Crippen molar-refractivity contribution in [3.63, 3.8) is 0 Å². The maximum absolute atomic E-state index is 12.1. The number of hydrogen-bond donors (Lipinski definition) is 3. The molecule has 0 aliphatic heterocycles. The molecule has 1 unspecified atom stereocenters. The van der Waals surface area contributed by atoms with E-state index >= 15 is 0 Å². The summed E-state index contributed by atoms with van der Waals surface area (Å²) in [5.74, 6) is -0.120. The normalized spacial score (nSPS) is 14.0. The fourth-order valence-corrected chi connectivity index (χ4v) is 2.46. The fourth-order valence-electron chi connectivity index (χ4n) is 2.20. The van der Waals surface area contributed by atoms with Gasteiger partial charge in [-0.3, -0.25) is 9.59 Å². The van der Waals surface area contributed by atoms with Crippen molar-refractivity contribution in [2.45, 2.75) is 39.3 Å². The van der Waals surface area contributed by atoms with E-state index in [-0.39, 0.29) is 36.5 Å². The largest absolute Gasteiger partial charge is 0.347 e. The minimum absolute atomic E-state index is 0.0521. The van der Waals surface area contributed by atoms with Gasteiger partial charge in [-0.05, 0) is 45.4 Å². The molecule has 128 valence electrons. The first-order valence-electron chi connectivity index (χ1n) is 7.74. The Hall–Kier alpha value is -1.40. The fraction of sp³-hybridized carbons (Fsp3) is 0.529. The second kappa shape index (κ2) is 8.45. The van der Waals surface area contributed by atoms with E-state index < -0.39 is 0 Å². The molecule has 0 fully saturated rings. The Morgan fingerprint density at radius 1 is 1.13 bits per heavy atom. The summed E-state index contributed by atoms with van der Waals surface area (Å²) >= 11 is 3.39. The second-order valence-electron chi connectivity index (χ2n) is 6.95. The quantitative estimate of drug-likeness (QED) is 0.686. The first kappa shape index (κ1) is 19.6. The van der Waals surface area contributed by atoms with Gasteiger partial charge in [0.15, 0.2) is 13.1 Å². The number of rotatable bonds is 6. The number of hydrogen-bond acceptors (Lipinski definition) is 2. The van der Waals surface area contributed by atoms with Crippen LogP contribution in [0, 0.1) is 0 Å². The summed E-state index contributed by atoms with van der Waals surface area (Å²) in [5, 5.41) is 5.86. The molecule has 0 radical (unpaired) electrons. The van der Waals surface area contributed by atoms with E-state index in [9.17, 15) is 9.59 Å². The number of nitrogens with one attached hydrogen (secondary N) is 3. The summed E-state index contributed by atoms with van der Waals surface area (Å²) in [7, 11) is 1.84. The van der Waals surface area contributed by atoms with Gasteiger partial charge in [0.25, 0.3) is 11.8 Å². The Balaban J connectivity index is 2.43. The summed E-state index contributed by atoms with van der Waals surface area (Å²) in [6, 6.07) is 7.79. The van der Waals surface area contributed by atoms with Gasteiger partial charge in [0.2, 0.25) is 0 Å². The molecule has 1 rings (SSSR count). The van der Waals surface area contributed by atoms with Gasteiger partial charge >= 0.3 is 0 Å². The van der Waals surface area contributed by atoms with Crippen molar-refractivity contribution in [1.29, 1.82) is 0 Å². The minimum atomic E-state index is -0.254. The van der Waals surface area contributed by atoms with Gasteiger partial charge in [-0.25, -0.2) is 0 Å². The van der Waals surface area contributed by atoms with E-state index in [4.69, 9.17) is 0 Å². The van der Waals surface area contributed by atoms with Gasteiger partial charge in [-0.2, -0.15) is 0 Å². The molecule has 0 aliphatic rings. The van der Waals surface area contributed by atoms with Crippen LogP contribution >= 0.6 is 15.9 Å². The van der Waals surface area contributed by atoms with E-state index in [2.05, 4.69) is 26.6 Å². The molecule has 0 spiro atoms. The number of carbonyl (C=O) groups excluding carboxylic acids is 2. The highest BCUT2D eigenvalue weighted by atomic mass is 79.9. The van der Waals surface area contributed by atoms with Crippen LogP contribution in [0.5, 0.6) is 0 Å². The smallest absolute Gasteiger partial charge is 0.275 e. The average Bonchev–Trinajstić information content (AvgIpc) is 2.36. The number of quaternary nitrogens is 1. The maximum atomic E-state index is 12.1. The molecule has 0 saturated carbocycles. The average molecular weight is 385 g/mol. The number of carbonyl (C=O) groups is 2. The Morgan fingerprint density at radius 3 is 2.17 bits per heavy atom. The molecule has 0 aliphatic carbocycles. The molecule has 0 saturated heterocycles. The lowest BCUT2D eigenvalue weighted by molar-refractivity contribution is -0.862. The molecule has 2 amide bonds. The maximum Gasteiger partial charge on any atom is 0.275 e. The highest BCUT2D eigenvalue weighted by Gasteiger charge is 2.19. The molecule has 2 atom stereocenters. The molecule has 1 aromatic carbocycles. The van der Waals surface area contributed by atoms with E-state index in [1.165, 1.54) is 0 Å². The van der Waals surface area contributed by atoms with Crippen LogP contribution in [0.4, 0.5) is 0 Å². The number of likely N-dealkylation sites (N-methyl/N-ethyl adjacent to an activating group) is 1. The number of halogens is 1. The lowest BCUT2D eigenvalue weighted by Gasteiger charge is -2.22. The summed E-state index contributed by atoms with van der Waals surface area (Å²) in [4.78, 5) is 24.8. The third-order valence-electron chi connectivity index (χ3n) is 3.19. The summed E-state index contributed by atoms with van der Waals surface area (Å²) in [6.07, 6.45) is 0. The summed E-state index contributed by atoms with van der Waals surface area (Å²) < 4.78 is 1.01. The molecule has 5 nitrogen and oxygen atoms in total. The van der Waals surface area contributed by atoms with Gasteiger partial charge in [0.1, 0.15) is 0 Å². The first-order chi connectivity index (χ1) is 10.6. The Kier molecular flexibility index (Phi) is 7.22. The van der Waals surface area contributed by atoms with Crippen molar-refractivity contribution in [3.05, 3.63) is 34.3 Å². The predicted molar refractivity (Wildman–Crippen MR) is 95.2 cm³/mol. The van der Waals surface area contributed by atoms with Gasteiger partial charge in [0, 0.05) is 10.0 Å². The molecule has 0 heterocycles. The molecule has 23 heavy (non-hydrogen) atoms. The highest BCUT2D eigenvalue weighted by molar-refractivity contribution is 9.10. The van der Waals surface area contributed by atoms with Crippen molar-refractivity contribution in [2.24, 2.45) is 0 Å². The van der Waals surface area contributed by atoms with Crippen LogP contribution in [0.15, 0.2) is 28.7 Å². The molecular weight excluding hydrogens is 358 g/mol. The van der Waals surface area contributed by atoms with Crippen molar-refractivity contribution < 1.29 is 14.5 Å². The van der Waals surface area contributed by atoms with Gasteiger partial charge in [-0.1, -0.05) is 28.1 Å². The lowest BCUT2D eigenvalue weighted by Crippen LogP contribution is -3.11. The molecule has 1 aromatic rings. The molecule has 3 N–H and O–H groups in total. The predicted octanol–water partition coefficient (Wildman–Crippen LogP) is 1.06. The van der Waals surface area contributed by atoms with Crippen LogP contribution in [0.1, 0.15) is 39.3 Å². The number of amides is 2. The molecule has 0 aromatic heterocycles. The van der Waals surface area contributed by atoms with Crippen LogP contribution in [0.2, 0.25) is 0 Å². The van der Waals surface area contributed by atoms with Crippen molar-refractivity contribution >= 4 is 27.7 Å². The highest BCUT2D eigenvalue weighted by Crippen LogP contribution is 2.16.